The first-order chi connectivity index (χ1) is 8.22. The molecule has 2 aliphatic heterocycles. The van der Waals surface area contributed by atoms with E-state index in [1.165, 1.54) is 51.9 Å². The molecule has 0 radical (unpaired) electrons. The second-order valence-corrected chi connectivity index (χ2v) is 5.85. The molecule has 0 spiro atoms. The molecule has 2 rings (SSSR count). The van der Waals surface area contributed by atoms with Gasteiger partial charge in [0.1, 0.15) is 0 Å². The predicted molar refractivity (Wildman–Crippen MR) is 73.1 cm³/mol. The van der Waals surface area contributed by atoms with E-state index in [0.717, 1.165) is 12.5 Å². The van der Waals surface area contributed by atoms with Gasteiger partial charge in [0.05, 0.1) is 0 Å². The average Bonchev–Trinajstić information content (AvgIpc) is 2.87. The maximum Gasteiger partial charge on any atom is 0.0235 e. The highest BCUT2D eigenvalue weighted by Gasteiger charge is 2.31. The van der Waals surface area contributed by atoms with Crippen LogP contribution in [0.2, 0.25) is 0 Å². The van der Waals surface area contributed by atoms with E-state index >= 15 is 0 Å². The van der Waals surface area contributed by atoms with Crippen molar-refractivity contribution in [1.29, 1.82) is 0 Å². The second-order valence-electron chi connectivity index (χ2n) is 5.85. The number of hydrogen-bond donors (Lipinski definition) is 1. The summed E-state index contributed by atoms with van der Waals surface area (Å²) in [5, 5.41) is 0. The molecule has 3 unspecified atom stereocenters. The molecule has 2 N–H and O–H groups in total. The lowest BCUT2D eigenvalue weighted by Crippen LogP contribution is -2.47. The van der Waals surface area contributed by atoms with Crippen molar-refractivity contribution < 1.29 is 0 Å². The summed E-state index contributed by atoms with van der Waals surface area (Å²) in [6.45, 7) is 9.64. The van der Waals surface area contributed by atoms with Gasteiger partial charge < -0.3 is 5.73 Å². The summed E-state index contributed by atoms with van der Waals surface area (Å²) in [5.74, 6) is 0. The molecule has 3 nitrogen and oxygen atoms in total. The second kappa shape index (κ2) is 6.17. The SMILES string of the molecule is CCC(N)C(C)N1CCC(N2CCCCC2)C1. The molecular formula is C14H29N3. The van der Waals surface area contributed by atoms with Gasteiger partial charge >= 0.3 is 0 Å². The molecule has 2 aliphatic rings. The van der Waals surface area contributed by atoms with E-state index in [0.29, 0.717) is 12.1 Å². The van der Waals surface area contributed by atoms with Gasteiger partial charge in [-0.3, -0.25) is 9.80 Å². The Hall–Kier alpha value is -0.120. The molecule has 0 aliphatic carbocycles. The van der Waals surface area contributed by atoms with E-state index < -0.39 is 0 Å². The van der Waals surface area contributed by atoms with Crippen LogP contribution in [-0.4, -0.2) is 54.1 Å². The molecule has 17 heavy (non-hydrogen) atoms. The fourth-order valence-electron chi connectivity index (χ4n) is 3.33. The van der Waals surface area contributed by atoms with Crippen molar-refractivity contribution in [1.82, 2.24) is 9.80 Å². The zero-order valence-corrected chi connectivity index (χ0v) is 11.6. The number of nitrogens with zero attached hydrogens (tertiary/aromatic N) is 2. The quantitative estimate of drug-likeness (QED) is 0.810. The lowest BCUT2D eigenvalue weighted by atomic mass is 10.1. The molecule has 0 amide bonds. The van der Waals surface area contributed by atoms with Crippen molar-refractivity contribution in [2.24, 2.45) is 5.73 Å². The van der Waals surface area contributed by atoms with Crippen LogP contribution in [0, 0.1) is 0 Å². The van der Waals surface area contributed by atoms with Crippen molar-refractivity contribution in [3.8, 4) is 0 Å². The third-order valence-electron chi connectivity index (χ3n) is 4.77. The number of piperidine rings is 1. The summed E-state index contributed by atoms with van der Waals surface area (Å²) < 4.78 is 0. The van der Waals surface area contributed by atoms with Gasteiger partial charge in [-0.2, -0.15) is 0 Å². The Labute approximate surface area is 106 Å². The molecule has 2 fully saturated rings. The summed E-state index contributed by atoms with van der Waals surface area (Å²) in [6.07, 6.45) is 6.68. The summed E-state index contributed by atoms with van der Waals surface area (Å²) in [6, 6.07) is 1.70. The monoisotopic (exact) mass is 239 g/mol. The van der Waals surface area contributed by atoms with E-state index in [1.807, 2.05) is 0 Å². The van der Waals surface area contributed by atoms with Crippen molar-refractivity contribution in [3.05, 3.63) is 0 Å². The largest absolute Gasteiger partial charge is 0.326 e. The maximum atomic E-state index is 6.16. The van der Waals surface area contributed by atoms with Crippen LogP contribution < -0.4 is 5.73 Å². The van der Waals surface area contributed by atoms with Gasteiger partial charge in [-0.05, 0) is 45.7 Å². The number of rotatable bonds is 4. The summed E-state index contributed by atoms with van der Waals surface area (Å²) in [4.78, 5) is 5.32. The molecule has 0 aromatic heterocycles. The Morgan fingerprint density at radius 1 is 1.18 bits per heavy atom. The van der Waals surface area contributed by atoms with Gasteiger partial charge in [0.2, 0.25) is 0 Å². The highest BCUT2D eigenvalue weighted by molar-refractivity contribution is 4.89. The Kier molecular flexibility index (Phi) is 4.83. The zero-order valence-electron chi connectivity index (χ0n) is 11.6. The fourth-order valence-corrected chi connectivity index (χ4v) is 3.33. The number of likely N-dealkylation sites (tertiary alicyclic amines) is 2. The highest BCUT2D eigenvalue weighted by atomic mass is 15.3. The maximum absolute atomic E-state index is 6.16. The van der Waals surface area contributed by atoms with E-state index in [2.05, 4.69) is 23.6 Å². The lowest BCUT2D eigenvalue weighted by molar-refractivity contribution is 0.148. The minimum Gasteiger partial charge on any atom is -0.326 e. The van der Waals surface area contributed by atoms with Gasteiger partial charge in [-0.15, -0.1) is 0 Å². The standard InChI is InChI=1S/C14H29N3/c1-3-14(15)12(2)17-10-7-13(11-17)16-8-5-4-6-9-16/h12-14H,3-11,15H2,1-2H3. The van der Waals surface area contributed by atoms with Crippen LogP contribution >= 0.6 is 0 Å². The molecule has 0 aromatic carbocycles. The molecule has 3 atom stereocenters. The fraction of sp³-hybridized carbons (Fsp3) is 1.00. The van der Waals surface area contributed by atoms with Gasteiger partial charge in [-0.1, -0.05) is 13.3 Å². The summed E-state index contributed by atoms with van der Waals surface area (Å²) >= 11 is 0. The van der Waals surface area contributed by atoms with Gasteiger partial charge in [0.15, 0.2) is 0 Å². The van der Waals surface area contributed by atoms with E-state index in [1.54, 1.807) is 0 Å². The molecule has 2 saturated heterocycles. The molecule has 0 saturated carbocycles. The lowest BCUT2D eigenvalue weighted by Gasteiger charge is -2.34. The molecule has 2 heterocycles. The first kappa shape index (κ1) is 13.3. The Bertz CT molecular complexity index is 218. The van der Waals surface area contributed by atoms with Crippen molar-refractivity contribution >= 4 is 0 Å². The average molecular weight is 239 g/mol. The number of nitrogens with two attached hydrogens (primary N) is 1. The van der Waals surface area contributed by atoms with Crippen LogP contribution in [-0.2, 0) is 0 Å². The first-order valence-electron chi connectivity index (χ1n) is 7.46. The van der Waals surface area contributed by atoms with Gasteiger partial charge in [0.25, 0.3) is 0 Å². The molecular weight excluding hydrogens is 210 g/mol. The zero-order chi connectivity index (χ0) is 12.3. The predicted octanol–water partition coefficient (Wildman–Crippen LogP) is 1.67. The van der Waals surface area contributed by atoms with Gasteiger partial charge in [0, 0.05) is 31.2 Å². The van der Waals surface area contributed by atoms with Crippen molar-refractivity contribution in [2.75, 3.05) is 26.2 Å². The molecule has 3 heteroatoms. The topological polar surface area (TPSA) is 32.5 Å². The van der Waals surface area contributed by atoms with Crippen LogP contribution in [0.1, 0.15) is 46.0 Å². The van der Waals surface area contributed by atoms with Crippen LogP contribution in [0.25, 0.3) is 0 Å². The normalized spacial score (nSPS) is 31.6. The van der Waals surface area contributed by atoms with Crippen molar-refractivity contribution in [3.63, 3.8) is 0 Å². The minimum atomic E-state index is 0.343. The Morgan fingerprint density at radius 2 is 1.88 bits per heavy atom. The van der Waals surface area contributed by atoms with E-state index in [4.69, 9.17) is 5.73 Å². The van der Waals surface area contributed by atoms with Gasteiger partial charge in [-0.25, -0.2) is 0 Å². The Balaban J connectivity index is 1.82. The third kappa shape index (κ3) is 3.21. The van der Waals surface area contributed by atoms with Crippen LogP contribution in [0.5, 0.6) is 0 Å². The van der Waals surface area contributed by atoms with Crippen molar-refractivity contribution in [2.45, 2.75) is 64.1 Å². The number of hydrogen-bond acceptors (Lipinski definition) is 3. The summed E-state index contributed by atoms with van der Waals surface area (Å²) in [5.41, 5.74) is 6.16. The third-order valence-corrected chi connectivity index (χ3v) is 4.77. The Morgan fingerprint density at radius 3 is 2.53 bits per heavy atom. The smallest absolute Gasteiger partial charge is 0.0235 e. The minimum absolute atomic E-state index is 0.343. The van der Waals surface area contributed by atoms with E-state index in [-0.39, 0.29) is 0 Å². The van der Waals surface area contributed by atoms with Crippen LogP contribution in [0.15, 0.2) is 0 Å². The highest BCUT2D eigenvalue weighted by Crippen LogP contribution is 2.22. The van der Waals surface area contributed by atoms with E-state index in [9.17, 15) is 0 Å². The molecule has 0 aromatic rings. The summed E-state index contributed by atoms with van der Waals surface area (Å²) in [7, 11) is 0. The molecule has 100 valence electrons. The first-order valence-corrected chi connectivity index (χ1v) is 7.46. The van der Waals surface area contributed by atoms with Crippen LogP contribution in [0.4, 0.5) is 0 Å². The molecule has 0 bridgehead atoms. The van der Waals surface area contributed by atoms with Crippen LogP contribution in [0.3, 0.4) is 0 Å².